The number of rotatable bonds is 4. The van der Waals surface area contributed by atoms with Crippen molar-refractivity contribution in [2.45, 2.75) is 6.17 Å². The van der Waals surface area contributed by atoms with Crippen LogP contribution in [0.5, 0.6) is 0 Å². The molecule has 3 heterocycles. The van der Waals surface area contributed by atoms with E-state index < -0.39 is 0 Å². The number of anilines is 1. The molecule has 9 rings (SSSR count). The van der Waals surface area contributed by atoms with Gasteiger partial charge in [0.2, 0.25) is 5.88 Å². The Labute approximate surface area is 260 Å². The van der Waals surface area contributed by atoms with Gasteiger partial charge in [-0.2, -0.15) is 0 Å². The Kier molecular flexibility index (Phi) is 5.88. The molecule has 1 aromatic heterocycles. The summed E-state index contributed by atoms with van der Waals surface area (Å²) in [7, 11) is 0. The molecule has 0 saturated carbocycles. The molecule has 0 amide bonds. The normalized spacial score (nSPS) is 15.8. The van der Waals surface area contributed by atoms with Gasteiger partial charge < -0.3 is 15.1 Å². The highest BCUT2D eigenvalue weighted by Crippen LogP contribution is 2.36. The van der Waals surface area contributed by atoms with Crippen LogP contribution in [0.1, 0.15) is 28.4 Å². The average Bonchev–Trinajstić information content (AvgIpc) is 3.50. The van der Waals surface area contributed by atoms with Crippen molar-refractivity contribution >= 4 is 56.1 Å². The van der Waals surface area contributed by atoms with Crippen molar-refractivity contribution in [2.75, 3.05) is 11.9 Å². The molecule has 2 aliphatic heterocycles. The maximum atomic E-state index is 6.20. The Morgan fingerprint density at radius 1 is 0.644 bits per heavy atom. The van der Waals surface area contributed by atoms with Gasteiger partial charge in [0.25, 0.3) is 0 Å². The molecule has 0 saturated heterocycles. The Bertz CT molecular complexity index is 2360. The predicted octanol–water partition coefficient (Wildman–Crippen LogP) is 9.34. The second-order valence-corrected chi connectivity index (χ2v) is 11.5. The predicted molar refractivity (Wildman–Crippen MR) is 186 cm³/mol. The summed E-state index contributed by atoms with van der Waals surface area (Å²) in [4.78, 5) is 10.3. The molecular weight excluding hydrogens is 552 g/mol. The van der Waals surface area contributed by atoms with Crippen LogP contribution >= 0.6 is 0 Å². The Hall–Kier alpha value is -5.94. The highest BCUT2D eigenvalue weighted by molar-refractivity contribution is 6.19. The minimum atomic E-state index is -0.316. The first-order valence-electron chi connectivity index (χ1n) is 15.2. The van der Waals surface area contributed by atoms with Gasteiger partial charge in [-0.15, -0.1) is 0 Å². The molecule has 2 aliphatic rings. The summed E-state index contributed by atoms with van der Waals surface area (Å²) in [5.74, 6) is 2.25. The van der Waals surface area contributed by atoms with E-state index in [9.17, 15) is 0 Å². The number of amidine groups is 2. The first-order valence-corrected chi connectivity index (χ1v) is 15.2. The number of nitrogens with zero attached hydrogens (tertiary/aromatic N) is 2. The van der Waals surface area contributed by atoms with Crippen molar-refractivity contribution < 1.29 is 4.42 Å². The minimum Gasteiger partial charge on any atom is -0.440 e. The van der Waals surface area contributed by atoms with E-state index in [1.54, 1.807) is 0 Å². The molecule has 7 aromatic rings. The number of benzene rings is 6. The van der Waals surface area contributed by atoms with Crippen molar-refractivity contribution in [3.63, 3.8) is 0 Å². The number of fused-ring (bicyclic) bond motifs is 5. The average molecular weight is 581 g/mol. The lowest BCUT2D eigenvalue weighted by Gasteiger charge is -2.24. The van der Waals surface area contributed by atoms with Gasteiger partial charge in [-0.1, -0.05) is 121 Å². The van der Waals surface area contributed by atoms with Crippen molar-refractivity contribution in [2.24, 2.45) is 9.98 Å². The third-order valence-corrected chi connectivity index (χ3v) is 8.73. The number of hydrogen-bond donors (Lipinski definition) is 2. The van der Waals surface area contributed by atoms with E-state index in [-0.39, 0.29) is 6.17 Å². The zero-order valence-corrected chi connectivity index (χ0v) is 24.4. The number of furan rings is 1. The zero-order valence-electron chi connectivity index (χ0n) is 24.4. The monoisotopic (exact) mass is 580 g/mol. The number of hydrogen-bond acceptors (Lipinski definition) is 5. The maximum Gasteiger partial charge on any atom is 0.201 e. The van der Waals surface area contributed by atoms with Crippen LogP contribution in [-0.2, 0) is 0 Å². The van der Waals surface area contributed by atoms with E-state index in [2.05, 4.69) is 138 Å². The molecule has 0 fully saturated rings. The summed E-state index contributed by atoms with van der Waals surface area (Å²) in [6, 6.07) is 44.7. The van der Waals surface area contributed by atoms with E-state index in [1.807, 2.05) is 12.1 Å². The third kappa shape index (κ3) is 4.48. The fourth-order valence-electron chi connectivity index (χ4n) is 6.43. The van der Waals surface area contributed by atoms with E-state index in [0.29, 0.717) is 5.84 Å². The number of aliphatic imine (C=N–C) groups is 2. The van der Waals surface area contributed by atoms with Crippen molar-refractivity contribution in [1.29, 1.82) is 0 Å². The van der Waals surface area contributed by atoms with Crippen LogP contribution in [0.3, 0.4) is 0 Å². The van der Waals surface area contributed by atoms with Crippen LogP contribution in [0.15, 0.2) is 148 Å². The quantitative estimate of drug-likeness (QED) is 0.218. The van der Waals surface area contributed by atoms with Crippen LogP contribution < -0.4 is 10.6 Å². The molecule has 0 spiro atoms. The maximum absolute atomic E-state index is 6.20. The first kappa shape index (κ1) is 25.5. The molecule has 5 heteroatoms. The van der Waals surface area contributed by atoms with Crippen LogP contribution in [0.25, 0.3) is 49.7 Å². The molecule has 45 heavy (non-hydrogen) atoms. The zero-order chi connectivity index (χ0) is 29.7. The highest BCUT2D eigenvalue weighted by Gasteiger charge is 2.25. The molecule has 6 aromatic carbocycles. The molecule has 1 unspecified atom stereocenters. The second-order valence-electron chi connectivity index (χ2n) is 11.5. The van der Waals surface area contributed by atoms with E-state index in [0.717, 1.165) is 57.1 Å². The summed E-state index contributed by atoms with van der Waals surface area (Å²) < 4.78 is 6.20. The lowest BCUT2D eigenvalue weighted by atomic mass is 9.99. The lowest BCUT2D eigenvalue weighted by molar-refractivity contribution is 0.628. The van der Waals surface area contributed by atoms with Crippen LogP contribution in [0.4, 0.5) is 5.88 Å². The Balaban J connectivity index is 1.16. The Morgan fingerprint density at radius 2 is 1.36 bits per heavy atom. The van der Waals surface area contributed by atoms with Crippen molar-refractivity contribution in [3.05, 3.63) is 156 Å². The number of nitrogens with one attached hydrogen (secondary N) is 2. The van der Waals surface area contributed by atoms with Gasteiger partial charge >= 0.3 is 0 Å². The summed E-state index contributed by atoms with van der Waals surface area (Å²) in [5, 5.41) is 12.9. The van der Waals surface area contributed by atoms with Crippen LogP contribution in [-0.4, -0.2) is 18.2 Å². The fourth-order valence-corrected chi connectivity index (χ4v) is 6.43. The Morgan fingerprint density at radius 3 is 2.18 bits per heavy atom. The van der Waals surface area contributed by atoms with Gasteiger partial charge in [-0.3, -0.25) is 0 Å². The van der Waals surface area contributed by atoms with Gasteiger partial charge in [0, 0.05) is 28.6 Å². The first-order chi connectivity index (χ1) is 22.3. The smallest absolute Gasteiger partial charge is 0.201 e. The van der Waals surface area contributed by atoms with Crippen molar-refractivity contribution in [3.8, 4) is 11.1 Å². The molecule has 2 N–H and O–H groups in total. The SMILES string of the molecule is C1=Cc2c(oc3cccc(C4=NC(c5ccc(-c6ccc7ccccc7c6)cc5)=NC(c5ccc6ccccc6c5)N4)c23)NC1. The van der Waals surface area contributed by atoms with Gasteiger partial charge in [0.15, 0.2) is 5.84 Å². The van der Waals surface area contributed by atoms with E-state index >= 15 is 0 Å². The van der Waals surface area contributed by atoms with Gasteiger partial charge in [-0.25, -0.2) is 9.98 Å². The van der Waals surface area contributed by atoms with Crippen molar-refractivity contribution in [1.82, 2.24) is 5.32 Å². The van der Waals surface area contributed by atoms with Crippen LogP contribution in [0.2, 0.25) is 0 Å². The highest BCUT2D eigenvalue weighted by atomic mass is 16.3. The minimum absolute atomic E-state index is 0.316. The van der Waals surface area contributed by atoms with Gasteiger partial charge in [0.1, 0.15) is 17.6 Å². The molecule has 214 valence electrons. The summed E-state index contributed by atoms with van der Waals surface area (Å²) in [5.41, 5.74) is 7.24. The summed E-state index contributed by atoms with van der Waals surface area (Å²) in [6.07, 6.45) is 3.93. The largest absolute Gasteiger partial charge is 0.440 e. The summed E-state index contributed by atoms with van der Waals surface area (Å²) in [6.45, 7) is 0.747. The third-order valence-electron chi connectivity index (χ3n) is 8.73. The molecular formula is C40H28N4O. The van der Waals surface area contributed by atoms with E-state index in [4.69, 9.17) is 14.4 Å². The molecule has 0 bridgehead atoms. The lowest BCUT2D eigenvalue weighted by Crippen LogP contribution is -2.33. The molecule has 1 atom stereocenters. The molecule has 0 aliphatic carbocycles. The molecule has 5 nitrogen and oxygen atoms in total. The topological polar surface area (TPSA) is 61.9 Å². The second kappa shape index (κ2) is 10.4. The van der Waals surface area contributed by atoms with Gasteiger partial charge in [0.05, 0.1) is 0 Å². The van der Waals surface area contributed by atoms with Gasteiger partial charge in [-0.05, 0) is 56.4 Å². The fraction of sp³-hybridized carbons (Fsp3) is 0.0500. The van der Waals surface area contributed by atoms with Crippen LogP contribution in [0, 0.1) is 0 Å². The molecule has 0 radical (unpaired) electrons. The van der Waals surface area contributed by atoms with E-state index in [1.165, 1.54) is 27.1 Å². The summed E-state index contributed by atoms with van der Waals surface area (Å²) >= 11 is 0. The standard InChI is InChI=1S/C40H28N4O/c1-3-9-29-23-31(20-16-25(29)7-1)27-14-18-28(19-15-27)37-42-38(32-21-17-26-8-2-4-10-30(26)24-32)44-39(43-37)33-11-5-13-35-36(33)34-12-6-22-41-40(34)45-35/h1-21,23-24,38,41H,22H2,(H,42,43,44).